The van der Waals surface area contributed by atoms with Crippen molar-refractivity contribution in [2.24, 2.45) is 0 Å². The fourth-order valence-corrected chi connectivity index (χ4v) is 5.28. The minimum Gasteiger partial charge on any atom is -0.258 e. The second-order valence-corrected chi connectivity index (χ2v) is 9.39. The molecule has 10 heteroatoms. The van der Waals surface area contributed by atoms with E-state index < -0.39 is 14.8 Å². The van der Waals surface area contributed by atoms with Crippen LogP contribution in [0.25, 0.3) is 0 Å². The Bertz CT molecular complexity index is 817. The Kier molecular flexibility index (Phi) is 4.84. The van der Waals surface area contributed by atoms with Crippen LogP contribution in [0, 0.1) is 10.1 Å². The summed E-state index contributed by atoms with van der Waals surface area (Å²) in [7, 11) is -3.51. The zero-order valence-electron chi connectivity index (χ0n) is 10.4. The van der Waals surface area contributed by atoms with Gasteiger partial charge in [0.25, 0.3) is 5.69 Å². The van der Waals surface area contributed by atoms with Gasteiger partial charge in [-0.2, -0.15) is 0 Å². The SMILES string of the molecule is CS(=O)(=O)c1cc([N+](=O)[O-])c(Sc2cc(Cl)ccc2Cl)s1. The topological polar surface area (TPSA) is 77.3 Å². The van der Waals surface area contributed by atoms with Gasteiger partial charge in [-0.1, -0.05) is 35.0 Å². The molecule has 2 aromatic rings. The summed E-state index contributed by atoms with van der Waals surface area (Å²) in [5.74, 6) is 0. The van der Waals surface area contributed by atoms with Crippen LogP contribution in [0.15, 0.2) is 37.6 Å². The van der Waals surface area contributed by atoms with E-state index in [0.717, 1.165) is 35.4 Å². The molecular weight excluding hydrogens is 377 g/mol. The molecule has 0 fully saturated rings. The summed E-state index contributed by atoms with van der Waals surface area (Å²) < 4.78 is 23.2. The predicted octanol–water partition coefficient (Wildman–Crippen LogP) is 4.52. The molecule has 0 amide bonds. The zero-order chi connectivity index (χ0) is 15.8. The highest BCUT2D eigenvalue weighted by atomic mass is 35.5. The maximum atomic E-state index is 11.5. The molecular formula is C11H7Cl2NO4S3. The van der Waals surface area contributed by atoms with Crippen molar-refractivity contribution < 1.29 is 13.3 Å². The lowest BCUT2D eigenvalue weighted by molar-refractivity contribution is -0.387. The smallest absolute Gasteiger partial charge is 0.258 e. The van der Waals surface area contributed by atoms with Crippen LogP contribution in [-0.2, 0) is 9.84 Å². The minimum atomic E-state index is -3.51. The third kappa shape index (κ3) is 3.89. The molecule has 0 aliphatic heterocycles. The van der Waals surface area contributed by atoms with Crippen molar-refractivity contribution in [3.05, 3.63) is 44.4 Å². The van der Waals surface area contributed by atoms with Crippen LogP contribution >= 0.6 is 46.3 Å². The van der Waals surface area contributed by atoms with E-state index in [0.29, 0.717) is 14.9 Å². The molecule has 5 nitrogen and oxygen atoms in total. The molecule has 2 rings (SSSR count). The summed E-state index contributed by atoms with van der Waals surface area (Å²) in [5.41, 5.74) is -0.263. The van der Waals surface area contributed by atoms with Gasteiger partial charge in [-0.3, -0.25) is 10.1 Å². The van der Waals surface area contributed by atoms with E-state index >= 15 is 0 Å². The minimum absolute atomic E-state index is 0.0603. The van der Waals surface area contributed by atoms with Gasteiger partial charge in [-0.15, -0.1) is 11.3 Å². The summed E-state index contributed by atoms with van der Waals surface area (Å²) >= 11 is 13.7. The van der Waals surface area contributed by atoms with Crippen molar-refractivity contribution in [1.29, 1.82) is 0 Å². The molecule has 1 aromatic heterocycles. The van der Waals surface area contributed by atoms with E-state index in [1.807, 2.05) is 0 Å². The van der Waals surface area contributed by atoms with Crippen molar-refractivity contribution in [2.45, 2.75) is 13.3 Å². The number of sulfone groups is 1. The third-order valence-electron chi connectivity index (χ3n) is 2.32. The van der Waals surface area contributed by atoms with E-state index in [9.17, 15) is 18.5 Å². The molecule has 0 radical (unpaired) electrons. The molecule has 1 aromatic carbocycles. The first-order valence-electron chi connectivity index (χ1n) is 5.29. The van der Waals surface area contributed by atoms with Crippen LogP contribution < -0.4 is 0 Å². The van der Waals surface area contributed by atoms with E-state index in [-0.39, 0.29) is 14.1 Å². The molecule has 0 spiro atoms. The molecule has 0 N–H and O–H groups in total. The largest absolute Gasteiger partial charge is 0.295 e. The Labute approximate surface area is 139 Å². The monoisotopic (exact) mass is 383 g/mol. The van der Waals surface area contributed by atoms with Crippen LogP contribution in [0.4, 0.5) is 5.69 Å². The summed E-state index contributed by atoms with van der Waals surface area (Å²) in [4.78, 5) is 11.0. The van der Waals surface area contributed by atoms with Gasteiger partial charge in [0, 0.05) is 22.2 Å². The highest BCUT2D eigenvalue weighted by Crippen LogP contribution is 2.45. The van der Waals surface area contributed by atoms with Crippen LogP contribution in [0.1, 0.15) is 0 Å². The number of halogens is 2. The lowest BCUT2D eigenvalue weighted by Crippen LogP contribution is -1.92. The van der Waals surface area contributed by atoms with E-state index in [4.69, 9.17) is 23.2 Å². The van der Waals surface area contributed by atoms with Crippen LogP contribution in [-0.4, -0.2) is 19.6 Å². The summed E-state index contributed by atoms with van der Waals surface area (Å²) in [6.45, 7) is 0. The first-order chi connectivity index (χ1) is 9.68. The quantitative estimate of drug-likeness (QED) is 0.572. The molecule has 0 saturated heterocycles. The standard InChI is InChI=1S/C11H7Cl2NO4S3/c1-21(17,18)10-5-8(14(15)16)11(20-10)19-9-4-6(12)2-3-7(9)13/h2-5H,1H3. The van der Waals surface area contributed by atoms with Gasteiger partial charge in [0.15, 0.2) is 9.84 Å². The molecule has 1 heterocycles. The summed E-state index contributed by atoms with van der Waals surface area (Å²) in [6, 6.07) is 5.79. The number of hydrogen-bond acceptors (Lipinski definition) is 6. The average molecular weight is 384 g/mol. The molecule has 112 valence electrons. The van der Waals surface area contributed by atoms with Crippen molar-refractivity contribution in [3.8, 4) is 0 Å². The average Bonchev–Trinajstić information content (AvgIpc) is 2.78. The molecule has 21 heavy (non-hydrogen) atoms. The molecule has 0 unspecified atom stereocenters. The van der Waals surface area contributed by atoms with Gasteiger partial charge in [-0.05, 0) is 18.2 Å². The Balaban J connectivity index is 2.51. The predicted molar refractivity (Wildman–Crippen MR) is 84.7 cm³/mol. The van der Waals surface area contributed by atoms with Gasteiger partial charge in [0.05, 0.1) is 9.95 Å². The van der Waals surface area contributed by atoms with E-state index in [2.05, 4.69) is 0 Å². The van der Waals surface area contributed by atoms with Gasteiger partial charge in [-0.25, -0.2) is 8.42 Å². The van der Waals surface area contributed by atoms with Crippen molar-refractivity contribution in [2.75, 3.05) is 6.26 Å². The normalized spacial score (nSPS) is 11.6. The Morgan fingerprint density at radius 3 is 2.52 bits per heavy atom. The van der Waals surface area contributed by atoms with Crippen molar-refractivity contribution in [1.82, 2.24) is 0 Å². The fraction of sp³-hybridized carbons (Fsp3) is 0.0909. The number of hydrogen-bond donors (Lipinski definition) is 0. The number of benzene rings is 1. The Hall–Kier alpha value is -0.800. The van der Waals surface area contributed by atoms with Crippen LogP contribution in [0.3, 0.4) is 0 Å². The maximum absolute atomic E-state index is 11.5. The highest BCUT2D eigenvalue weighted by Gasteiger charge is 2.25. The summed E-state index contributed by atoms with van der Waals surface area (Å²) in [6.07, 6.45) is 1.00. The molecule has 0 saturated carbocycles. The van der Waals surface area contributed by atoms with E-state index in [1.54, 1.807) is 18.2 Å². The fourth-order valence-electron chi connectivity index (χ4n) is 1.38. The summed E-state index contributed by atoms with van der Waals surface area (Å²) in [5, 5.41) is 11.9. The van der Waals surface area contributed by atoms with E-state index in [1.165, 1.54) is 0 Å². The molecule has 0 atom stereocenters. The van der Waals surface area contributed by atoms with Crippen molar-refractivity contribution >= 4 is 61.8 Å². The molecule has 0 aliphatic carbocycles. The lowest BCUT2D eigenvalue weighted by Gasteiger charge is -2.02. The maximum Gasteiger partial charge on any atom is 0.295 e. The van der Waals surface area contributed by atoms with Gasteiger partial charge in [0.2, 0.25) is 0 Å². The number of thiophene rings is 1. The second-order valence-electron chi connectivity index (χ2n) is 3.94. The zero-order valence-corrected chi connectivity index (χ0v) is 14.3. The number of nitrogens with zero attached hydrogens (tertiary/aromatic N) is 1. The Morgan fingerprint density at radius 2 is 1.95 bits per heavy atom. The Morgan fingerprint density at radius 1 is 1.29 bits per heavy atom. The second kappa shape index (κ2) is 6.13. The third-order valence-corrected chi connectivity index (χ3v) is 7.16. The van der Waals surface area contributed by atoms with Gasteiger partial charge in [0.1, 0.15) is 8.42 Å². The number of nitro groups is 1. The molecule has 0 bridgehead atoms. The van der Waals surface area contributed by atoms with Gasteiger partial charge >= 0.3 is 0 Å². The highest BCUT2D eigenvalue weighted by molar-refractivity contribution is 8.02. The molecule has 0 aliphatic rings. The van der Waals surface area contributed by atoms with Crippen molar-refractivity contribution in [3.63, 3.8) is 0 Å². The van der Waals surface area contributed by atoms with Gasteiger partial charge < -0.3 is 0 Å². The van der Waals surface area contributed by atoms with Crippen LogP contribution in [0.2, 0.25) is 10.0 Å². The first-order valence-corrected chi connectivity index (χ1v) is 9.57. The number of rotatable bonds is 4. The first kappa shape index (κ1) is 16.6. The van der Waals surface area contributed by atoms with Crippen LogP contribution in [0.5, 0.6) is 0 Å². The lowest BCUT2D eigenvalue weighted by atomic mass is 10.4.